The zero-order valence-corrected chi connectivity index (χ0v) is 12.8. The van der Waals surface area contributed by atoms with Gasteiger partial charge in [-0.2, -0.15) is 0 Å². The van der Waals surface area contributed by atoms with Crippen LogP contribution in [0.2, 0.25) is 0 Å². The van der Waals surface area contributed by atoms with Crippen LogP contribution in [-0.4, -0.2) is 23.9 Å². The van der Waals surface area contributed by atoms with E-state index in [2.05, 4.69) is 35.5 Å². The maximum atomic E-state index is 12.2. The number of imidazole rings is 1. The van der Waals surface area contributed by atoms with Gasteiger partial charge in [0.15, 0.2) is 5.03 Å². The highest BCUT2D eigenvalue weighted by Gasteiger charge is 2.31. The topological polar surface area (TPSA) is 74.8 Å². The molecule has 0 fully saturated rings. The molecule has 0 aliphatic carbocycles. The van der Waals surface area contributed by atoms with E-state index in [1.54, 1.807) is 6.92 Å². The summed E-state index contributed by atoms with van der Waals surface area (Å²) in [6.07, 6.45) is 2.08. The third-order valence-electron chi connectivity index (χ3n) is 2.35. The van der Waals surface area contributed by atoms with Crippen LogP contribution in [0.1, 0.15) is 46.9 Å². The largest absolute Gasteiger partial charge is 0.332 e. The number of aromatic nitrogens is 2. The second kappa shape index (κ2) is 4.66. The highest BCUT2D eigenvalue weighted by molar-refractivity contribution is 7.89. The van der Waals surface area contributed by atoms with E-state index in [1.807, 2.05) is 13.8 Å². The Bertz CT molecular complexity index is 510. The molecule has 1 heterocycles. The van der Waals surface area contributed by atoms with Gasteiger partial charge in [-0.25, -0.2) is 18.1 Å². The molecular weight excluding hydrogens is 250 g/mol. The number of H-pyrrole nitrogens is 1. The van der Waals surface area contributed by atoms with Crippen LogP contribution < -0.4 is 4.72 Å². The highest BCUT2D eigenvalue weighted by Crippen LogP contribution is 2.27. The van der Waals surface area contributed by atoms with Crippen LogP contribution in [0.4, 0.5) is 0 Å². The van der Waals surface area contributed by atoms with Crippen molar-refractivity contribution in [1.29, 1.82) is 0 Å². The lowest BCUT2D eigenvalue weighted by molar-refractivity contribution is 0.269. The Hall–Kier alpha value is -0.880. The molecule has 18 heavy (non-hydrogen) atoms. The lowest BCUT2D eigenvalue weighted by atomic mass is 9.82. The molecule has 0 saturated heterocycles. The third kappa shape index (κ3) is 4.42. The van der Waals surface area contributed by atoms with Gasteiger partial charge in [0.2, 0.25) is 0 Å². The Morgan fingerprint density at radius 1 is 1.28 bits per heavy atom. The third-order valence-corrected chi connectivity index (χ3v) is 3.96. The van der Waals surface area contributed by atoms with E-state index in [0.29, 0.717) is 5.82 Å². The van der Waals surface area contributed by atoms with E-state index in [9.17, 15) is 8.42 Å². The van der Waals surface area contributed by atoms with Crippen molar-refractivity contribution in [1.82, 2.24) is 14.7 Å². The number of nitrogens with one attached hydrogen (secondary N) is 2. The molecule has 0 aliphatic rings. The van der Waals surface area contributed by atoms with E-state index in [0.717, 1.165) is 6.42 Å². The van der Waals surface area contributed by atoms with Gasteiger partial charge < -0.3 is 4.98 Å². The fourth-order valence-electron chi connectivity index (χ4n) is 2.32. The Kier molecular flexibility index (Phi) is 3.93. The molecule has 5 nitrogen and oxygen atoms in total. The van der Waals surface area contributed by atoms with E-state index in [4.69, 9.17) is 0 Å². The first-order valence-corrected chi connectivity index (χ1v) is 7.45. The molecule has 104 valence electrons. The summed E-state index contributed by atoms with van der Waals surface area (Å²) in [4.78, 5) is 6.65. The van der Waals surface area contributed by atoms with Crippen molar-refractivity contribution in [2.24, 2.45) is 5.41 Å². The molecule has 0 bridgehead atoms. The van der Waals surface area contributed by atoms with Crippen LogP contribution in [0.25, 0.3) is 0 Å². The monoisotopic (exact) mass is 273 g/mol. The quantitative estimate of drug-likeness (QED) is 0.883. The summed E-state index contributed by atoms with van der Waals surface area (Å²) in [7, 11) is -3.54. The lowest BCUT2D eigenvalue weighted by Crippen LogP contribution is -2.45. The molecule has 1 rings (SSSR count). The number of aromatic amines is 1. The lowest BCUT2D eigenvalue weighted by Gasteiger charge is -2.32. The summed E-state index contributed by atoms with van der Waals surface area (Å²) in [5.74, 6) is 0.587. The molecule has 0 amide bonds. The Morgan fingerprint density at radius 3 is 2.22 bits per heavy atom. The van der Waals surface area contributed by atoms with E-state index in [-0.39, 0.29) is 10.4 Å². The SMILES string of the molecule is Cc1ncc(S(=O)(=O)NC(C)(C)CC(C)(C)C)[nH]1. The van der Waals surface area contributed by atoms with Gasteiger partial charge in [0.25, 0.3) is 10.0 Å². The maximum absolute atomic E-state index is 12.2. The molecule has 1 aromatic rings. The first kappa shape index (κ1) is 15.2. The van der Waals surface area contributed by atoms with Crippen molar-refractivity contribution in [3.05, 3.63) is 12.0 Å². The summed E-state index contributed by atoms with van der Waals surface area (Å²) in [6.45, 7) is 11.8. The van der Waals surface area contributed by atoms with Crippen molar-refractivity contribution in [2.45, 2.75) is 58.5 Å². The molecule has 0 unspecified atom stereocenters. The van der Waals surface area contributed by atoms with Gasteiger partial charge in [-0.3, -0.25) is 0 Å². The first-order chi connectivity index (χ1) is 7.91. The van der Waals surface area contributed by atoms with Gasteiger partial charge in [0.1, 0.15) is 5.82 Å². The second-order valence-corrected chi connectivity index (χ2v) is 8.21. The zero-order chi connectivity index (χ0) is 14.2. The molecule has 0 atom stereocenters. The van der Waals surface area contributed by atoms with Crippen LogP contribution in [0, 0.1) is 12.3 Å². The van der Waals surface area contributed by atoms with Crippen molar-refractivity contribution < 1.29 is 8.42 Å². The number of hydrogen-bond acceptors (Lipinski definition) is 3. The number of hydrogen-bond donors (Lipinski definition) is 2. The molecule has 2 N–H and O–H groups in total. The summed E-state index contributed by atoms with van der Waals surface area (Å²) < 4.78 is 27.0. The highest BCUT2D eigenvalue weighted by atomic mass is 32.2. The summed E-state index contributed by atoms with van der Waals surface area (Å²) in [6, 6.07) is 0. The second-order valence-electron chi connectivity index (χ2n) is 6.56. The van der Waals surface area contributed by atoms with Gasteiger partial charge in [-0.05, 0) is 32.6 Å². The molecule has 0 radical (unpaired) electrons. The van der Waals surface area contributed by atoms with Gasteiger partial charge in [0.05, 0.1) is 6.20 Å². The van der Waals surface area contributed by atoms with Gasteiger partial charge in [0, 0.05) is 5.54 Å². The number of aryl methyl sites for hydroxylation is 1. The maximum Gasteiger partial charge on any atom is 0.258 e. The Morgan fingerprint density at radius 2 is 1.83 bits per heavy atom. The number of rotatable bonds is 4. The average Bonchev–Trinajstić information content (AvgIpc) is 2.44. The van der Waals surface area contributed by atoms with Crippen LogP contribution in [0.5, 0.6) is 0 Å². The van der Waals surface area contributed by atoms with Crippen molar-refractivity contribution in [3.63, 3.8) is 0 Å². The Balaban J connectivity index is 2.90. The standard InChI is InChI=1S/C12H23N3O2S/c1-9-13-7-10(14-9)18(16,17)15-12(5,6)8-11(2,3)4/h7,15H,8H2,1-6H3,(H,13,14). The number of nitrogens with zero attached hydrogens (tertiary/aromatic N) is 1. The van der Waals surface area contributed by atoms with Gasteiger partial charge in [-0.1, -0.05) is 20.8 Å². The van der Waals surface area contributed by atoms with Crippen LogP contribution in [-0.2, 0) is 10.0 Å². The summed E-state index contributed by atoms with van der Waals surface area (Å²) >= 11 is 0. The minimum Gasteiger partial charge on any atom is -0.332 e. The minimum atomic E-state index is -3.54. The first-order valence-electron chi connectivity index (χ1n) is 5.97. The van der Waals surface area contributed by atoms with Crippen molar-refractivity contribution in [3.8, 4) is 0 Å². The van der Waals surface area contributed by atoms with Crippen molar-refractivity contribution in [2.75, 3.05) is 0 Å². The van der Waals surface area contributed by atoms with Gasteiger partial charge >= 0.3 is 0 Å². The average molecular weight is 273 g/mol. The van der Waals surface area contributed by atoms with E-state index >= 15 is 0 Å². The molecular formula is C12H23N3O2S. The molecule has 6 heteroatoms. The van der Waals surface area contributed by atoms with Gasteiger partial charge in [-0.15, -0.1) is 0 Å². The molecule has 0 spiro atoms. The smallest absolute Gasteiger partial charge is 0.258 e. The van der Waals surface area contributed by atoms with E-state index in [1.165, 1.54) is 6.20 Å². The van der Waals surface area contributed by atoms with E-state index < -0.39 is 15.6 Å². The number of sulfonamides is 1. The summed E-state index contributed by atoms with van der Waals surface area (Å²) in [5.41, 5.74) is -0.452. The molecule has 1 aromatic heterocycles. The molecule has 0 aromatic carbocycles. The van der Waals surface area contributed by atoms with Crippen LogP contribution in [0.15, 0.2) is 11.2 Å². The zero-order valence-electron chi connectivity index (χ0n) is 12.0. The predicted octanol–water partition coefficient (Wildman–Crippen LogP) is 2.21. The molecule has 0 aliphatic heterocycles. The minimum absolute atomic E-state index is 0.0515. The van der Waals surface area contributed by atoms with Crippen molar-refractivity contribution >= 4 is 10.0 Å². The normalized spacial score (nSPS) is 13.9. The fourth-order valence-corrected chi connectivity index (χ4v) is 3.70. The van der Waals surface area contributed by atoms with Crippen LogP contribution >= 0.6 is 0 Å². The predicted molar refractivity (Wildman–Crippen MR) is 71.8 cm³/mol. The summed E-state index contributed by atoms with van der Waals surface area (Å²) in [5, 5.41) is 0.113. The Labute approximate surface area is 109 Å². The van der Waals surface area contributed by atoms with Crippen LogP contribution in [0.3, 0.4) is 0 Å². The fraction of sp³-hybridized carbons (Fsp3) is 0.750. The molecule has 0 saturated carbocycles.